The summed E-state index contributed by atoms with van der Waals surface area (Å²) in [7, 11) is 0. The predicted octanol–water partition coefficient (Wildman–Crippen LogP) is 4.62. The van der Waals surface area contributed by atoms with E-state index < -0.39 is 0 Å². The molecule has 2 N–H and O–H groups in total. The van der Waals surface area contributed by atoms with Crippen molar-refractivity contribution in [1.29, 1.82) is 0 Å². The molecule has 4 rings (SSSR count). The van der Waals surface area contributed by atoms with Crippen LogP contribution in [0.3, 0.4) is 0 Å². The van der Waals surface area contributed by atoms with Crippen LogP contribution in [-0.4, -0.2) is 34.8 Å². The smallest absolute Gasteiger partial charge is 0.230 e. The van der Waals surface area contributed by atoms with Crippen molar-refractivity contribution in [2.24, 2.45) is 5.92 Å². The molecule has 1 saturated heterocycles. The van der Waals surface area contributed by atoms with Gasteiger partial charge in [-0.2, -0.15) is 0 Å². The Labute approximate surface area is 186 Å². The van der Waals surface area contributed by atoms with Gasteiger partial charge in [0.2, 0.25) is 11.8 Å². The number of hydrogen-bond acceptors (Lipinski definition) is 5. The second-order valence-corrected chi connectivity index (χ2v) is 8.70. The van der Waals surface area contributed by atoms with Crippen molar-refractivity contribution >= 4 is 34.0 Å². The lowest BCUT2D eigenvalue weighted by atomic mass is 9.97. The van der Waals surface area contributed by atoms with Gasteiger partial charge in [0.05, 0.1) is 11.6 Å². The van der Waals surface area contributed by atoms with E-state index in [2.05, 4.69) is 44.8 Å². The molecule has 0 saturated carbocycles. The fourth-order valence-corrected chi connectivity index (χ4v) is 4.58. The molecule has 1 fully saturated rings. The van der Waals surface area contributed by atoms with Gasteiger partial charge < -0.3 is 10.6 Å². The number of hydrogen-bond donors (Lipinski definition) is 2. The van der Waals surface area contributed by atoms with Gasteiger partial charge in [0.25, 0.3) is 0 Å². The van der Waals surface area contributed by atoms with E-state index in [1.807, 2.05) is 35.7 Å². The molecule has 2 heterocycles. The molecule has 2 aromatic carbocycles. The van der Waals surface area contributed by atoms with Gasteiger partial charge in [-0.3, -0.25) is 14.5 Å². The molecule has 0 aliphatic carbocycles. The third-order valence-corrected chi connectivity index (χ3v) is 6.12. The van der Waals surface area contributed by atoms with Gasteiger partial charge in [-0.1, -0.05) is 42.5 Å². The van der Waals surface area contributed by atoms with Crippen LogP contribution in [0.4, 0.5) is 10.8 Å². The average molecular weight is 435 g/mol. The summed E-state index contributed by atoms with van der Waals surface area (Å²) in [5, 5.41) is 8.31. The van der Waals surface area contributed by atoms with Crippen molar-refractivity contribution in [1.82, 2.24) is 9.88 Å². The number of aromatic nitrogens is 1. The second kappa shape index (κ2) is 9.85. The van der Waals surface area contributed by atoms with E-state index in [9.17, 15) is 9.59 Å². The lowest BCUT2D eigenvalue weighted by Crippen LogP contribution is -2.40. The zero-order valence-electron chi connectivity index (χ0n) is 17.5. The van der Waals surface area contributed by atoms with E-state index in [0.717, 1.165) is 49.4 Å². The average Bonchev–Trinajstić information content (AvgIpc) is 3.23. The van der Waals surface area contributed by atoms with Crippen LogP contribution in [0.2, 0.25) is 0 Å². The quantitative estimate of drug-likeness (QED) is 0.594. The Hall–Kier alpha value is -3.03. The maximum Gasteiger partial charge on any atom is 0.230 e. The summed E-state index contributed by atoms with van der Waals surface area (Å²) >= 11 is 1.43. The standard InChI is InChI=1S/C24H26N4O2S/c1-17(29)25-21-11-9-19(10-12-21)22-16-31-24(26-22)27-23(30)20-8-5-13-28(15-20)14-18-6-3-2-4-7-18/h2-4,6-7,9-12,16,20H,5,8,13-15H2,1H3,(H,25,29)(H,26,27,30). The Morgan fingerprint density at radius 2 is 1.87 bits per heavy atom. The normalized spacial score (nSPS) is 16.6. The highest BCUT2D eigenvalue weighted by molar-refractivity contribution is 7.14. The number of nitrogens with one attached hydrogen (secondary N) is 2. The summed E-state index contributed by atoms with van der Waals surface area (Å²) in [6.45, 7) is 4.15. The van der Waals surface area contributed by atoms with Crippen molar-refractivity contribution in [2.45, 2.75) is 26.3 Å². The predicted molar refractivity (Wildman–Crippen MR) is 125 cm³/mol. The van der Waals surface area contributed by atoms with Crippen LogP contribution in [0.25, 0.3) is 11.3 Å². The van der Waals surface area contributed by atoms with E-state index in [-0.39, 0.29) is 17.7 Å². The minimum absolute atomic E-state index is 0.0262. The maximum absolute atomic E-state index is 12.8. The van der Waals surface area contributed by atoms with Gasteiger partial charge in [-0.15, -0.1) is 11.3 Å². The molecule has 0 spiro atoms. The number of carbonyl (C=O) groups is 2. The van der Waals surface area contributed by atoms with Gasteiger partial charge in [0, 0.05) is 36.6 Å². The molecule has 2 amide bonds. The third kappa shape index (κ3) is 5.77. The van der Waals surface area contributed by atoms with Crippen LogP contribution in [-0.2, 0) is 16.1 Å². The van der Waals surface area contributed by atoms with E-state index >= 15 is 0 Å². The molecular formula is C24H26N4O2S. The first kappa shape index (κ1) is 21.2. The number of anilines is 2. The second-order valence-electron chi connectivity index (χ2n) is 7.85. The van der Waals surface area contributed by atoms with E-state index in [4.69, 9.17) is 0 Å². The molecule has 160 valence electrons. The number of benzene rings is 2. The number of likely N-dealkylation sites (tertiary alicyclic amines) is 1. The van der Waals surface area contributed by atoms with Gasteiger partial charge in [0.15, 0.2) is 5.13 Å². The molecule has 1 aliphatic rings. The Morgan fingerprint density at radius 3 is 2.61 bits per heavy atom. The van der Waals surface area contributed by atoms with E-state index in [1.54, 1.807) is 0 Å². The van der Waals surface area contributed by atoms with Crippen LogP contribution in [0, 0.1) is 5.92 Å². The summed E-state index contributed by atoms with van der Waals surface area (Å²) in [5.41, 5.74) is 3.77. The molecule has 1 aliphatic heterocycles. The molecule has 0 radical (unpaired) electrons. The Kier molecular flexibility index (Phi) is 6.74. The Morgan fingerprint density at radius 1 is 1.10 bits per heavy atom. The molecule has 1 unspecified atom stereocenters. The van der Waals surface area contributed by atoms with Gasteiger partial charge >= 0.3 is 0 Å². The van der Waals surface area contributed by atoms with Gasteiger partial charge in [-0.05, 0) is 37.1 Å². The summed E-state index contributed by atoms with van der Waals surface area (Å²) in [6.07, 6.45) is 1.93. The fraction of sp³-hybridized carbons (Fsp3) is 0.292. The van der Waals surface area contributed by atoms with Crippen LogP contribution in [0.1, 0.15) is 25.3 Å². The zero-order chi connectivity index (χ0) is 21.6. The zero-order valence-corrected chi connectivity index (χ0v) is 18.3. The lowest BCUT2D eigenvalue weighted by Gasteiger charge is -2.31. The minimum atomic E-state index is -0.101. The first-order chi connectivity index (χ1) is 15.1. The number of rotatable bonds is 6. The van der Waals surface area contributed by atoms with Crippen molar-refractivity contribution < 1.29 is 9.59 Å². The monoisotopic (exact) mass is 434 g/mol. The van der Waals surface area contributed by atoms with Crippen molar-refractivity contribution in [3.05, 3.63) is 65.5 Å². The summed E-state index contributed by atoms with van der Waals surface area (Å²) in [6, 6.07) is 17.9. The molecular weight excluding hydrogens is 408 g/mol. The van der Waals surface area contributed by atoms with E-state index in [0.29, 0.717) is 5.13 Å². The topological polar surface area (TPSA) is 74.3 Å². The Bertz CT molecular complexity index is 1030. The van der Waals surface area contributed by atoms with E-state index in [1.165, 1.54) is 23.8 Å². The molecule has 7 heteroatoms. The number of piperidine rings is 1. The summed E-state index contributed by atoms with van der Waals surface area (Å²) in [4.78, 5) is 30.9. The van der Waals surface area contributed by atoms with Crippen LogP contribution >= 0.6 is 11.3 Å². The molecule has 1 aromatic heterocycles. The third-order valence-electron chi connectivity index (χ3n) is 5.36. The summed E-state index contributed by atoms with van der Waals surface area (Å²) in [5.74, 6) is -0.0853. The molecule has 31 heavy (non-hydrogen) atoms. The number of carbonyl (C=O) groups excluding carboxylic acids is 2. The highest BCUT2D eigenvalue weighted by atomic mass is 32.1. The molecule has 3 aromatic rings. The highest BCUT2D eigenvalue weighted by Crippen LogP contribution is 2.27. The van der Waals surface area contributed by atoms with Crippen molar-refractivity contribution in [2.75, 3.05) is 23.7 Å². The first-order valence-electron chi connectivity index (χ1n) is 10.5. The van der Waals surface area contributed by atoms with Crippen molar-refractivity contribution in [3.8, 4) is 11.3 Å². The lowest BCUT2D eigenvalue weighted by molar-refractivity contribution is -0.121. The molecule has 1 atom stereocenters. The van der Waals surface area contributed by atoms with Gasteiger partial charge in [-0.25, -0.2) is 4.98 Å². The SMILES string of the molecule is CC(=O)Nc1ccc(-c2csc(NC(=O)C3CCCN(Cc4ccccc4)C3)n2)cc1. The minimum Gasteiger partial charge on any atom is -0.326 e. The largest absolute Gasteiger partial charge is 0.326 e. The van der Waals surface area contributed by atoms with Gasteiger partial charge in [0.1, 0.15) is 0 Å². The summed E-state index contributed by atoms with van der Waals surface area (Å²) < 4.78 is 0. The molecule has 0 bridgehead atoms. The highest BCUT2D eigenvalue weighted by Gasteiger charge is 2.26. The fourth-order valence-electron chi connectivity index (χ4n) is 3.85. The van der Waals surface area contributed by atoms with Crippen LogP contribution in [0.15, 0.2) is 60.0 Å². The Balaban J connectivity index is 1.34. The number of nitrogens with zero attached hydrogens (tertiary/aromatic N) is 2. The van der Waals surface area contributed by atoms with Crippen molar-refractivity contribution in [3.63, 3.8) is 0 Å². The first-order valence-corrected chi connectivity index (χ1v) is 11.4. The molecule has 6 nitrogen and oxygen atoms in total. The number of amides is 2. The number of thiazole rings is 1. The maximum atomic E-state index is 12.8. The van der Waals surface area contributed by atoms with Crippen LogP contribution < -0.4 is 10.6 Å². The van der Waals surface area contributed by atoms with Crippen LogP contribution in [0.5, 0.6) is 0 Å².